The van der Waals surface area contributed by atoms with Crippen molar-refractivity contribution in [2.75, 3.05) is 26.6 Å². The Labute approximate surface area is 179 Å². The van der Waals surface area contributed by atoms with E-state index in [1.807, 2.05) is 0 Å². The number of esters is 1. The third-order valence-electron chi connectivity index (χ3n) is 4.04. The Hall–Kier alpha value is -2.82. The summed E-state index contributed by atoms with van der Waals surface area (Å²) in [6, 6.07) is 7.05. The fourth-order valence-electron chi connectivity index (χ4n) is 2.47. The number of hydrogen-bond donors (Lipinski definition) is 2. The van der Waals surface area contributed by atoms with Crippen molar-refractivity contribution in [1.29, 1.82) is 0 Å². The van der Waals surface area contributed by atoms with Gasteiger partial charge in [0.2, 0.25) is 15.9 Å². The molecule has 2 aromatic carbocycles. The molecule has 2 rings (SSSR count). The van der Waals surface area contributed by atoms with E-state index in [1.165, 1.54) is 64.7 Å². The van der Waals surface area contributed by atoms with Crippen LogP contribution in [-0.4, -0.2) is 47.7 Å². The van der Waals surface area contributed by atoms with Crippen LogP contribution in [0.1, 0.15) is 17.3 Å². The molecule has 9 nitrogen and oxygen atoms in total. The first kappa shape index (κ1) is 23.5. The van der Waals surface area contributed by atoms with Crippen molar-refractivity contribution in [3.8, 4) is 11.5 Å². The summed E-state index contributed by atoms with van der Waals surface area (Å²) in [5.41, 5.74) is 0.0818. The number of carbonyl (C=O) groups excluding carboxylic acids is 2. The van der Waals surface area contributed by atoms with Crippen LogP contribution in [0.2, 0.25) is 5.02 Å². The summed E-state index contributed by atoms with van der Waals surface area (Å²) in [6.45, 7) is 1.36. The predicted octanol–water partition coefficient (Wildman–Crippen LogP) is 2.45. The van der Waals surface area contributed by atoms with E-state index in [9.17, 15) is 18.0 Å². The maximum atomic E-state index is 12.6. The molecular weight excluding hydrogens is 436 g/mol. The number of benzene rings is 2. The molecule has 0 aliphatic heterocycles. The van der Waals surface area contributed by atoms with Crippen LogP contribution in [0.25, 0.3) is 0 Å². The van der Waals surface area contributed by atoms with Crippen molar-refractivity contribution in [3.63, 3.8) is 0 Å². The first-order valence-corrected chi connectivity index (χ1v) is 10.4. The van der Waals surface area contributed by atoms with Crippen LogP contribution in [-0.2, 0) is 19.6 Å². The van der Waals surface area contributed by atoms with Gasteiger partial charge in [0.1, 0.15) is 0 Å². The normalized spacial score (nSPS) is 12.0. The lowest BCUT2D eigenvalue weighted by Gasteiger charge is -2.17. The van der Waals surface area contributed by atoms with Gasteiger partial charge in [-0.3, -0.25) is 4.79 Å². The average Bonchev–Trinajstić information content (AvgIpc) is 2.72. The van der Waals surface area contributed by atoms with Gasteiger partial charge in [0.25, 0.3) is 0 Å². The number of rotatable bonds is 8. The SMILES string of the molecule is COC(=O)c1cc(OC)c(OC)cc1NC(=O)[C@H](C)NS(=O)(=O)c1ccc(Cl)cc1. The summed E-state index contributed by atoms with van der Waals surface area (Å²) in [4.78, 5) is 24.7. The van der Waals surface area contributed by atoms with Gasteiger partial charge in [-0.25, -0.2) is 13.2 Å². The van der Waals surface area contributed by atoms with Gasteiger partial charge in [-0.05, 0) is 31.2 Å². The van der Waals surface area contributed by atoms with Gasteiger partial charge in [-0.1, -0.05) is 11.6 Å². The molecule has 1 amide bonds. The van der Waals surface area contributed by atoms with Crippen LogP contribution in [0.4, 0.5) is 5.69 Å². The zero-order valence-corrected chi connectivity index (χ0v) is 18.3. The largest absolute Gasteiger partial charge is 0.493 e. The predicted molar refractivity (Wildman–Crippen MR) is 111 cm³/mol. The van der Waals surface area contributed by atoms with Gasteiger partial charge < -0.3 is 19.5 Å². The van der Waals surface area contributed by atoms with Crippen LogP contribution in [0.15, 0.2) is 41.3 Å². The summed E-state index contributed by atoms with van der Waals surface area (Å²) in [7, 11) is 0.000656. The van der Waals surface area contributed by atoms with E-state index in [4.69, 9.17) is 25.8 Å². The second kappa shape index (κ2) is 9.79. The standard InChI is InChI=1S/C19H21ClN2O7S/c1-11(22-30(25,26)13-7-5-12(20)6-8-13)18(23)21-15-10-17(28-3)16(27-2)9-14(15)19(24)29-4/h5-11,22H,1-4H3,(H,21,23)/t11-/m0/s1. The van der Waals surface area contributed by atoms with Gasteiger partial charge in [-0.2, -0.15) is 4.72 Å². The fourth-order valence-corrected chi connectivity index (χ4v) is 3.80. The topological polar surface area (TPSA) is 120 Å². The maximum Gasteiger partial charge on any atom is 0.340 e. The molecule has 0 saturated carbocycles. The van der Waals surface area contributed by atoms with E-state index in [-0.39, 0.29) is 27.6 Å². The lowest BCUT2D eigenvalue weighted by atomic mass is 10.1. The lowest BCUT2D eigenvalue weighted by molar-refractivity contribution is -0.117. The molecule has 0 bridgehead atoms. The maximum absolute atomic E-state index is 12.6. The zero-order chi connectivity index (χ0) is 22.5. The Morgan fingerprint density at radius 2 is 1.57 bits per heavy atom. The van der Waals surface area contributed by atoms with Gasteiger partial charge in [0, 0.05) is 17.2 Å². The number of sulfonamides is 1. The minimum absolute atomic E-state index is 0.0104. The number of nitrogens with one attached hydrogen (secondary N) is 2. The van der Waals surface area contributed by atoms with E-state index in [0.717, 1.165) is 0 Å². The Kier molecular flexibility index (Phi) is 7.65. The Balaban J connectivity index is 2.27. The van der Waals surface area contributed by atoms with Gasteiger partial charge >= 0.3 is 5.97 Å². The number of anilines is 1. The molecule has 1 atom stereocenters. The highest BCUT2D eigenvalue weighted by Gasteiger charge is 2.25. The monoisotopic (exact) mass is 456 g/mol. The number of ether oxygens (including phenoxy) is 3. The Bertz CT molecular complexity index is 1040. The van der Waals surface area contributed by atoms with Crippen LogP contribution >= 0.6 is 11.6 Å². The average molecular weight is 457 g/mol. The lowest BCUT2D eigenvalue weighted by Crippen LogP contribution is -2.41. The molecule has 162 valence electrons. The first-order valence-electron chi connectivity index (χ1n) is 8.56. The third kappa shape index (κ3) is 5.41. The van der Waals surface area contributed by atoms with E-state index in [2.05, 4.69) is 10.0 Å². The molecule has 0 spiro atoms. The summed E-state index contributed by atoms with van der Waals surface area (Å²) < 4.78 is 42.3. The summed E-state index contributed by atoms with van der Waals surface area (Å²) in [5, 5.41) is 2.89. The molecule has 2 N–H and O–H groups in total. The molecule has 11 heteroatoms. The summed E-state index contributed by atoms with van der Waals surface area (Å²) in [5.74, 6) is -0.909. The van der Waals surface area contributed by atoms with E-state index in [0.29, 0.717) is 5.02 Å². The van der Waals surface area contributed by atoms with Crippen LogP contribution < -0.4 is 19.5 Å². The molecule has 0 aliphatic rings. The van der Waals surface area contributed by atoms with Crippen molar-refractivity contribution in [1.82, 2.24) is 4.72 Å². The van der Waals surface area contributed by atoms with Crippen molar-refractivity contribution in [2.24, 2.45) is 0 Å². The molecule has 0 heterocycles. The highest BCUT2D eigenvalue weighted by Crippen LogP contribution is 2.33. The highest BCUT2D eigenvalue weighted by molar-refractivity contribution is 7.89. The van der Waals surface area contributed by atoms with Crippen LogP contribution in [0, 0.1) is 0 Å². The van der Waals surface area contributed by atoms with Crippen LogP contribution in [0.3, 0.4) is 0 Å². The molecule has 30 heavy (non-hydrogen) atoms. The molecule has 0 unspecified atom stereocenters. The quantitative estimate of drug-likeness (QED) is 0.585. The number of halogens is 1. The van der Waals surface area contributed by atoms with Gasteiger partial charge in [0.05, 0.1) is 43.5 Å². The number of methoxy groups -OCH3 is 3. The van der Waals surface area contributed by atoms with Gasteiger partial charge in [-0.15, -0.1) is 0 Å². The second-order valence-corrected chi connectivity index (χ2v) is 8.18. The van der Waals surface area contributed by atoms with Crippen molar-refractivity contribution in [3.05, 3.63) is 47.0 Å². The second-order valence-electron chi connectivity index (χ2n) is 6.03. The van der Waals surface area contributed by atoms with Crippen LogP contribution in [0.5, 0.6) is 11.5 Å². The third-order valence-corrected chi connectivity index (χ3v) is 5.84. The molecule has 0 radical (unpaired) electrons. The minimum Gasteiger partial charge on any atom is -0.493 e. The smallest absolute Gasteiger partial charge is 0.340 e. The first-order chi connectivity index (χ1) is 14.1. The van der Waals surface area contributed by atoms with E-state index in [1.54, 1.807) is 0 Å². The van der Waals surface area contributed by atoms with Crippen molar-refractivity contribution >= 4 is 39.2 Å². The van der Waals surface area contributed by atoms with Gasteiger partial charge in [0.15, 0.2) is 11.5 Å². The Morgan fingerprint density at radius 1 is 1.00 bits per heavy atom. The molecule has 0 fully saturated rings. The molecule has 2 aromatic rings. The molecular formula is C19H21ClN2O7S. The van der Waals surface area contributed by atoms with E-state index >= 15 is 0 Å². The molecule has 0 saturated heterocycles. The van der Waals surface area contributed by atoms with Crippen molar-refractivity contribution in [2.45, 2.75) is 17.9 Å². The number of carbonyl (C=O) groups is 2. The molecule has 0 aliphatic carbocycles. The number of amides is 1. The summed E-state index contributed by atoms with van der Waals surface area (Å²) >= 11 is 5.77. The Morgan fingerprint density at radius 3 is 2.10 bits per heavy atom. The summed E-state index contributed by atoms with van der Waals surface area (Å²) in [6.07, 6.45) is 0. The zero-order valence-electron chi connectivity index (χ0n) is 16.7. The number of hydrogen-bond acceptors (Lipinski definition) is 7. The molecule has 0 aromatic heterocycles. The van der Waals surface area contributed by atoms with Crippen molar-refractivity contribution < 1.29 is 32.2 Å². The highest BCUT2D eigenvalue weighted by atomic mass is 35.5. The minimum atomic E-state index is -3.97. The van der Waals surface area contributed by atoms with E-state index < -0.39 is 27.9 Å². The fraction of sp³-hybridized carbons (Fsp3) is 0.263.